The minimum atomic E-state index is -0.312. The number of hydrogen-bond acceptors (Lipinski definition) is 2. The molecule has 7 aliphatic rings. The van der Waals surface area contributed by atoms with E-state index in [0.29, 0.717) is 17.8 Å². The third kappa shape index (κ3) is 4.99. The molecule has 0 fully saturated rings. The first-order chi connectivity index (χ1) is 25.1. The largest absolute Gasteiger partial charge is 0.482 e. The summed E-state index contributed by atoms with van der Waals surface area (Å²) in [5, 5.41) is 2.76. The molecule has 6 aliphatic carbocycles. The van der Waals surface area contributed by atoms with Gasteiger partial charge >= 0.3 is 0 Å². The number of hydrogen-bond donors (Lipinski definition) is 0. The molecule has 1 aromatic heterocycles. The van der Waals surface area contributed by atoms with Crippen LogP contribution >= 0.6 is 0 Å². The topological polar surface area (TPSA) is 17.4 Å². The predicted molar refractivity (Wildman–Crippen MR) is 210 cm³/mol. The maximum Gasteiger partial charge on any atom is 0.135 e. The molecule has 0 saturated carbocycles. The van der Waals surface area contributed by atoms with Crippen LogP contribution in [-0.4, -0.2) is 10.2 Å². The van der Waals surface area contributed by atoms with Crippen LogP contribution in [-0.2, 0) is 4.74 Å². The zero-order valence-corrected chi connectivity index (χ0v) is 29.7. The van der Waals surface area contributed by atoms with Crippen LogP contribution < -0.4 is 15.5 Å². The summed E-state index contributed by atoms with van der Waals surface area (Å²) in [6, 6.07) is 20.6. The van der Waals surface area contributed by atoms with Crippen molar-refractivity contribution in [3.8, 4) is 5.69 Å². The summed E-state index contributed by atoms with van der Waals surface area (Å²) in [6.07, 6.45) is 39.4. The van der Waals surface area contributed by atoms with Gasteiger partial charge < -0.3 is 14.2 Å². The van der Waals surface area contributed by atoms with Gasteiger partial charge in [0.25, 0.3) is 0 Å². The van der Waals surface area contributed by atoms with Crippen molar-refractivity contribution in [2.75, 3.05) is 4.90 Å². The van der Waals surface area contributed by atoms with Crippen LogP contribution in [0.15, 0.2) is 144 Å². The van der Waals surface area contributed by atoms with Crippen molar-refractivity contribution in [2.24, 2.45) is 17.8 Å². The van der Waals surface area contributed by atoms with E-state index < -0.39 is 0 Å². The molecule has 6 atom stereocenters. The highest BCUT2D eigenvalue weighted by molar-refractivity contribution is 5.74. The molecule has 10 rings (SSSR count). The van der Waals surface area contributed by atoms with Gasteiger partial charge in [-0.05, 0) is 110 Å². The van der Waals surface area contributed by atoms with Crippen molar-refractivity contribution in [3.63, 3.8) is 0 Å². The zero-order valence-electron chi connectivity index (χ0n) is 29.7. The van der Waals surface area contributed by atoms with Crippen molar-refractivity contribution in [2.45, 2.75) is 69.8 Å². The minimum Gasteiger partial charge on any atom is -0.482 e. The second kappa shape index (κ2) is 12.0. The molecule has 2 heterocycles. The van der Waals surface area contributed by atoms with E-state index in [-0.39, 0.29) is 17.4 Å². The lowest BCUT2D eigenvalue weighted by molar-refractivity contribution is 0.0732. The van der Waals surface area contributed by atoms with Crippen molar-refractivity contribution in [1.29, 1.82) is 0 Å². The molecule has 51 heavy (non-hydrogen) atoms. The van der Waals surface area contributed by atoms with Gasteiger partial charge in [0, 0.05) is 57.2 Å². The van der Waals surface area contributed by atoms with Gasteiger partial charge in [0.2, 0.25) is 0 Å². The third-order valence-corrected chi connectivity index (χ3v) is 12.4. The number of anilines is 1. The van der Waals surface area contributed by atoms with E-state index in [2.05, 4.69) is 163 Å². The molecule has 1 aliphatic heterocycles. The first-order valence-corrected chi connectivity index (χ1v) is 19.2. The van der Waals surface area contributed by atoms with E-state index in [1.54, 1.807) is 0 Å². The Balaban J connectivity index is 1.17. The molecule has 0 spiro atoms. The molecule has 3 aromatic rings. The Morgan fingerprint density at radius 1 is 0.824 bits per heavy atom. The Kier molecular flexibility index (Phi) is 7.27. The molecule has 254 valence electrons. The second-order valence-corrected chi connectivity index (χ2v) is 15.7. The molecule has 3 nitrogen and oxygen atoms in total. The molecule has 3 heteroatoms. The normalized spacial score (nSPS) is 29.4. The Hall–Kier alpha value is -5.02. The van der Waals surface area contributed by atoms with Crippen LogP contribution in [0.3, 0.4) is 0 Å². The van der Waals surface area contributed by atoms with Crippen LogP contribution in [0.5, 0.6) is 0 Å². The van der Waals surface area contributed by atoms with E-state index in [0.717, 1.165) is 37.9 Å². The van der Waals surface area contributed by atoms with Crippen molar-refractivity contribution in [3.05, 3.63) is 172 Å². The number of aromatic nitrogens is 1. The lowest BCUT2D eigenvalue weighted by Crippen LogP contribution is -2.35. The van der Waals surface area contributed by atoms with Gasteiger partial charge in [-0.1, -0.05) is 104 Å². The van der Waals surface area contributed by atoms with Gasteiger partial charge in [-0.2, -0.15) is 0 Å². The Morgan fingerprint density at radius 3 is 2.47 bits per heavy atom. The van der Waals surface area contributed by atoms with Gasteiger partial charge in [0.1, 0.15) is 11.4 Å². The molecule has 2 aromatic carbocycles. The van der Waals surface area contributed by atoms with Crippen molar-refractivity contribution in [1.82, 2.24) is 4.57 Å². The first-order valence-electron chi connectivity index (χ1n) is 19.2. The first kappa shape index (κ1) is 30.8. The third-order valence-electron chi connectivity index (χ3n) is 12.4. The minimum absolute atomic E-state index is 0.212. The van der Waals surface area contributed by atoms with Crippen LogP contribution in [0.4, 0.5) is 5.69 Å². The smallest absolute Gasteiger partial charge is 0.135 e. The number of rotatable bonds is 5. The molecule has 0 bridgehead atoms. The quantitative estimate of drug-likeness (QED) is 0.252. The van der Waals surface area contributed by atoms with Crippen LogP contribution in [0.1, 0.15) is 81.0 Å². The number of allylic oxidation sites excluding steroid dienone is 10. The fourth-order valence-corrected chi connectivity index (χ4v) is 10.0. The summed E-state index contributed by atoms with van der Waals surface area (Å²) in [7, 11) is 0. The average Bonchev–Trinajstić information content (AvgIpc) is 3.67. The molecule has 6 unspecified atom stereocenters. The monoisotopic (exact) mass is 666 g/mol. The van der Waals surface area contributed by atoms with Gasteiger partial charge in [-0.25, -0.2) is 0 Å². The molecule has 0 radical (unpaired) electrons. The summed E-state index contributed by atoms with van der Waals surface area (Å²) in [5.74, 6) is 3.03. The molecule has 0 amide bonds. The number of benzene rings is 2. The van der Waals surface area contributed by atoms with Crippen molar-refractivity contribution < 1.29 is 4.74 Å². The number of nitrogens with zero attached hydrogens (tertiary/aromatic N) is 2. The Labute approximate surface area is 302 Å². The van der Waals surface area contributed by atoms with Gasteiger partial charge in [-0.15, -0.1) is 0 Å². The van der Waals surface area contributed by atoms with E-state index in [1.165, 1.54) is 62.2 Å². The highest BCUT2D eigenvalue weighted by Gasteiger charge is 2.45. The number of para-hydroxylation sites is 1. The average molecular weight is 667 g/mol. The second-order valence-electron chi connectivity index (χ2n) is 15.7. The summed E-state index contributed by atoms with van der Waals surface area (Å²) in [5.41, 5.74) is 10.4. The molecular formula is C48H46N2O. The fourth-order valence-electron chi connectivity index (χ4n) is 10.0. The number of fused-ring (bicyclic) bond motifs is 7. The summed E-state index contributed by atoms with van der Waals surface area (Å²) < 4.78 is 9.37. The predicted octanol–water partition coefficient (Wildman–Crippen LogP) is 10.1. The van der Waals surface area contributed by atoms with E-state index in [4.69, 9.17) is 4.74 Å². The summed E-state index contributed by atoms with van der Waals surface area (Å²) in [6.45, 7) is 4.58. The van der Waals surface area contributed by atoms with Crippen LogP contribution in [0.2, 0.25) is 0 Å². The highest BCUT2D eigenvalue weighted by atomic mass is 16.5. The van der Waals surface area contributed by atoms with Crippen molar-refractivity contribution >= 4 is 23.9 Å². The van der Waals surface area contributed by atoms with Crippen LogP contribution in [0.25, 0.3) is 23.9 Å². The maximum atomic E-state index is 6.84. The van der Waals surface area contributed by atoms with E-state index in [1.807, 2.05) is 0 Å². The molecular weight excluding hydrogens is 621 g/mol. The standard InChI is InChI=1S/C48H46N2O/c1-32-13-12-14-34(29-32)33-22-24-36(25-23-33)49(37-26-27-40-42-20-10-11-28-48(42,2)51-46(40)30-37)44-31-45-47(39-18-7-6-17-38(39)44)41-19-8-9-21-43(41)50(45)35-15-4-3-5-16-35/h3-7,10-13,15-25,28,30-32,34,38-39,42H,8-9,14,26-27,29H2,1-2H3. The summed E-state index contributed by atoms with van der Waals surface area (Å²) in [4.78, 5) is 2.61. The zero-order chi connectivity index (χ0) is 34.1. The Bertz CT molecular complexity index is 2290. The lowest BCUT2D eigenvalue weighted by Gasteiger charge is -2.40. The lowest BCUT2D eigenvalue weighted by atomic mass is 9.75. The maximum absolute atomic E-state index is 6.84. The van der Waals surface area contributed by atoms with Gasteiger partial charge in [-0.3, -0.25) is 0 Å². The number of ether oxygens (including phenoxy) is 1. The Morgan fingerprint density at radius 2 is 1.63 bits per heavy atom. The van der Waals surface area contributed by atoms with E-state index in [9.17, 15) is 0 Å². The van der Waals surface area contributed by atoms with Gasteiger partial charge in [0.05, 0.1) is 5.69 Å². The molecule has 0 N–H and O–H groups in total. The SMILES string of the molecule is CC1C=CCC(c2ccc(N(C3=CC4=C(CC3)C3C=CC=CC3(C)O4)C3=Cc4c(c5c(n4-c4ccccc4)=CCCC=5)C4C=CC=CC34)cc2)C1. The van der Waals surface area contributed by atoms with Gasteiger partial charge in [0.15, 0.2) is 0 Å². The van der Waals surface area contributed by atoms with Crippen LogP contribution in [0, 0.1) is 17.8 Å². The highest BCUT2D eigenvalue weighted by Crippen LogP contribution is 2.51. The fraction of sp³-hybridized carbons (Fsp3) is 0.292. The van der Waals surface area contributed by atoms with E-state index >= 15 is 0 Å². The molecule has 0 saturated heterocycles. The summed E-state index contributed by atoms with van der Waals surface area (Å²) >= 11 is 0.